The van der Waals surface area contributed by atoms with Gasteiger partial charge in [0.2, 0.25) is 0 Å². The molecule has 0 aliphatic rings. The van der Waals surface area contributed by atoms with E-state index in [2.05, 4.69) is 23.3 Å². The Balaban J connectivity index is 2.78. The van der Waals surface area contributed by atoms with Crippen molar-refractivity contribution in [1.29, 1.82) is 0 Å². The second-order valence-electron chi connectivity index (χ2n) is 2.68. The highest BCUT2D eigenvalue weighted by atomic mass is 32.1. The fourth-order valence-corrected chi connectivity index (χ4v) is 2.24. The van der Waals surface area contributed by atoms with Crippen molar-refractivity contribution in [3.8, 4) is 0 Å². The Morgan fingerprint density at radius 2 is 2.33 bits per heavy atom. The molecular formula is C9H10N2S. The number of hydrogen-bond acceptors (Lipinski definition) is 3. The molecule has 0 aliphatic carbocycles. The average Bonchev–Trinajstić information content (AvgIpc) is 2.44. The summed E-state index contributed by atoms with van der Waals surface area (Å²) in [5.41, 5.74) is 2.25. The summed E-state index contributed by atoms with van der Waals surface area (Å²) >= 11 is 1.78. The first-order valence-electron chi connectivity index (χ1n) is 3.84. The molecule has 3 heteroatoms. The summed E-state index contributed by atoms with van der Waals surface area (Å²) in [6, 6.07) is 4.11. The Morgan fingerprint density at radius 1 is 1.50 bits per heavy atom. The lowest BCUT2D eigenvalue weighted by molar-refractivity contribution is 1.41. The van der Waals surface area contributed by atoms with Crippen molar-refractivity contribution in [2.75, 3.05) is 12.4 Å². The fraction of sp³-hybridized carbons (Fsp3) is 0.222. The molecule has 0 spiro atoms. The highest BCUT2D eigenvalue weighted by Crippen LogP contribution is 2.29. The lowest BCUT2D eigenvalue weighted by atomic mass is 10.3. The molecule has 0 aromatic carbocycles. The van der Waals surface area contributed by atoms with Crippen LogP contribution in [0.3, 0.4) is 0 Å². The number of rotatable bonds is 1. The van der Waals surface area contributed by atoms with Crippen molar-refractivity contribution < 1.29 is 0 Å². The molecule has 2 aromatic heterocycles. The minimum absolute atomic E-state index is 1.09. The molecule has 0 aliphatic heterocycles. The van der Waals surface area contributed by atoms with E-state index in [4.69, 9.17) is 0 Å². The van der Waals surface area contributed by atoms with Gasteiger partial charge in [0, 0.05) is 18.1 Å². The van der Waals surface area contributed by atoms with Gasteiger partial charge >= 0.3 is 0 Å². The SMILES string of the molecule is CNc1ccnc2cc(C)sc12. The van der Waals surface area contributed by atoms with Crippen molar-refractivity contribution in [3.05, 3.63) is 23.2 Å². The number of nitrogens with zero attached hydrogens (tertiary/aromatic N) is 1. The Labute approximate surface area is 75.3 Å². The first-order chi connectivity index (χ1) is 5.81. The molecule has 1 N–H and O–H groups in total. The largest absolute Gasteiger partial charge is 0.387 e. The van der Waals surface area contributed by atoms with E-state index in [-0.39, 0.29) is 0 Å². The number of hydrogen-bond donors (Lipinski definition) is 1. The van der Waals surface area contributed by atoms with Crippen LogP contribution in [0.15, 0.2) is 18.3 Å². The summed E-state index contributed by atoms with van der Waals surface area (Å²) in [7, 11) is 1.93. The first-order valence-corrected chi connectivity index (χ1v) is 4.66. The van der Waals surface area contributed by atoms with Gasteiger partial charge in [-0.25, -0.2) is 0 Å². The second kappa shape index (κ2) is 2.75. The fourth-order valence-electron chi connectivity index (χ4n) is 1.25. The van der Waals surface area contributed by atoms with E-state index in [0.29, 0.717) is 0 Å². The van der Waals surface area contributed by atoms with Crippen LogP contribution in [0.1, 0.15) is 4.88 Å². The lowest BCUT2D eigenvalue weighted by Crippen LogP contribution is -1.87. The zero-order chi connectivity index (χ0) is 8.55. The zero-order valence-corrected chi connectivity index (χ0v) is 7.90. The second-order valence-corrected chi connectivity index (χ2v) is 3.94. The van der Waals surface area contributed by atoms with Crippen molar-refractivity contribution in [3.63, 3.8) is 0 Å². The molecule has 12 heavy (non-hydrogen) atoms. The number of nitrogens with one attached hydrogen (secondary N) is 1. The predicted molar refractivity (Wildman–Crippen MR) is 53.9 cm³/mol. The molecule has 2 aromatic rings. The van der Waals surface area contributed by atoms with E-state index in [0.717, 1.165) is 11.2 Å². The molecular weight excluding hydrogens is 168 g/mol. The molecule has 62 valence electrons. The molecule has 2 heterocycles. The molecule has 0 amide bonds. The molecule has 2 rings (SSSR count). The third-order valence-electron chi connectivity index (χ3n) is 1.80. The molecule has 0 saturated heterocycles. The first kappa shape index (κ1) is 7.55. The van der Waals surface area contributed by atoms with Crippen molar-refractivity contribution in [1.82, 2.24) is 4.98 Å². The van der Waals surface area contributed by atoms with Gasteiger partial charge < -0.3 is 5.32 Å². The van der Waals surface area contributed by atoms with Crippen LogP contribution in [0.5, 0.6) is 0 Å². The Morgan fingerprint density at radius 3 is 3.08 bits per heavy atom. The number of pyridine rings is 1. The van der Waals surface area contributed by atoms with E-state index < -0.39 is 0 Å². The van der Waals surface area contributed by atoms with Crippen LogP contribution in [0.4, 0.5) is 5.69 Å². The van der Waals surface area contributed by atoms with Gasteiger partial charge in [-0.05, 0) is 19.1 Å². The Bertz CT molecular complexity index is 406. The summed E-state index contributed by atoms with van der Waals surface area (Å²) in [5, 5.41) is 3.15. The van der Waals surface area contributed by atoms with Crippen LogP contribution in [-0.2, 0) is 0 Å². The van der Waals surface area contributed by atoms with Gasteiger partial charge in [0.1, 0.15) is 0 Å². The molecule has 2 nitrogen and oxygen atoms in total. The Hall–Kier alpha value is -1.09. The summed E-state index contributed by atoms with van der Waals surface area (Å²) < 4.78 is 1.25. The Kier molecular flexibility index (Phi) is 1.73. The normalized spacial score (nSPS) is 10.5. The molecule has 0 fully saturated rings. The van der Waals surface area contributed by atoms with Crippen LogP contribution in [0.25, 0.3) is 10.2 Å². The number of aryl methyl sites for hydroxylation is 1. The molecule has 0 unspecified atom stereocenters. The van der Waals surface area contributed by atoms with Gasteiger partial charge in [0.15, 0.2) is 0 Å². The van der Waals surface area contributed by atoms with Crippen LogP contribution in [-0.4, -0.2) is 12.0 Å². The third kappa shape index (κ3) is 1.06. The number of aromatic nitrogens is 1. The predicted octanol–water partition coefficient (Wildman–Crippen LogP) is 2.65. The standard InChI is InChI=1S/C9H10N2S/c1-6-5-8-9(12-6)7(10-2)3-4-11-8/h3-5H,1-2H3,(H,10,11). The smallest absolute Gasteiger partial charge is 0.0833 e. The van der Waals surface area contributed by atoms with Crippen LogP contribution >= 0.6 is 11.3 Å². The minimum Gasteiger partial charge on any atom is -0.387 e. The van der Waals surface area contributed by atoms with Gasteiger partial charge in [-0.3, -0.25) is 4.98 Å². The van der Waals surface area contributed by atoms with E-state index >= 15 is 0 Å². The van der Waals surface area contributed by atoms with Crippen LogP contribution < -0.4 is 5.32 Å². The van der Waals surface area contributed by atoms with Gasteiger partial charge in [0.05, 0.1) is 15.9 Å². The summed E-state index contributed by atoms with van der Waals surface area (Å²) in [5.74, 6) is 0. The molecule has 0 atom stereocenters. The van der Waals surface area contributed by atoms with E-state index in [1.54, 1.807) is 11.3 Å². The van der Waals surface area contributed by atoms with Crippen molar-refractivity contribution >= 4 is 27.2 Å². The van der Waals surface area contributed by atoms with Gasteiger partial charge in [-0.2, -0.15) is 0 Å². The number of anilines is 1. The summed E-state index contributed by atoms with van der Waals surface area (Å²) in [6.07, 6.45) is 1.83. The van der Waals surface area contributed by atoms with Crippen molar-refractivity contribution in [2.24, 2.45) is 0 Å². The molecule has 0 saturated carbocycles. The molecule has 0 radical (unpaired) electrons. The maximum absolute atomic E-state index is 4.28. The molecule has 0 bridgehead atoms. The maximum Gasteiger partial charge on any atom is 0.0833 e. The number of fused-ring (bicyclic) bond motifs is 1. The summed E-state index contributed by atoms with van der Waals surface area (Å²) in [6.45, 7) is 2.10. The average molecular weight is 178 g/mol. The van der Waals surface area contributed by atoms with Gasteiger partial charge in [0.25, 0.3) is 0 Å². The third-order valence-corrected chi connectivity index (χ3v) is 2.88. The number of thiophene rings is 1. The quantitative estimate of drug-likeness (QED) is 0.726. The van der Waals surface area contributed by atoms with E-state index in [9.17, 15) is 0 Å². The monoisotopic (exact) mass is 178 g/mol. The topological polar surface area (TPSA) is 24.9 Å². The van der Waals surface area contributed by atoms with E-state index in [1.807, 2.05) is 19.3 Å². The van der Waals surface area contributed by atoms with Crippen molar-refractivity contribution in [2.45, 2.75) is 6.92 Å². The summed E-state index contributed by atoms with van der Waals surface area (Å²) in [4.78, 5) is 5.59. The van der Waals surface area contributed by atoms with E-state index in [1.165, 1.54) is 9.58 Å². The maximum atomic E-state index is 4.28. The zero-order valence-electron chi connectivity index (χ0n) is 7.09. The highest BCUT2D eigenvalue weighted by molar-refractivity contribution is 7.19. The van der Waals surface area contributed by atoms with Gasteiger partial charge in [-0.15, -0.1) is 11.3 Å². The minimum atomic E-state index is 1.09. The van der Waals surface area contributed by atoms with Gasteiger partial charge in [-0.1, -0.05) is 0 Å². The van der Waals surface area contributed by atoms with Crippen LogP contribution in [0, 0.1) is 6.92 Å². The van der Waals surface area contributed by atoms with Crippen LogP contribution in [0.2, 0.25) is 0 Å². The lowest BCUT2D eigenvalue weighted by Gasteiger charge is -1.98. The highest BCUT2D eigenvalue weighted by Gasteiger charge is 2.02.